The van der Waals surface area contributed by atoms with Gasteiger partial charge in [-0.25, -0.2) is 9.97 Å². The zero-order valence-corrected chi connectivity index (χ0v) is 11.8. The third-order valence-electron chi connectivity index (χ3n) is 2.20. The topological polar surface area (TPSA) is 51.8 Å². The Bertz CT molecular complexity index is 514. The molecular weight excluding hydrogens is 298 g/mol. The van der Waals surface area contributed by atoms with Gasteiger partial charge in [0.1, 0.15) is 0 Å². The van der Waals surface area contributed by atoms with Crippen molar-refractivity contribution >= 4 is 27.7 Å². The van der Waals surface area contributed by atoms with Crippen LogP contribution < -0.4 is 5.73 Å². The second-order valence-electron chi connectivity index (χ2n) is 3.60. The van der Waals surface area contributed by atoms with Gasteiger partial charge in [0.2, 0.25) is 0 Å². The largest absolute Gasteiger partial charge is 0.326 e. The highest BCUT2D eigenvalue weighted by Gasteiger charge is 2.05. The first-order valence-corrected chi connectivity index (χ1v) is 6.75. The van der Waals surface area contributed by atoms with Gasteiger partial charge in [-0.1, -0.05) is 15.9 Å². The van der Waals surface area contributed by atoms with Crippen LogP contribution in [0.3, 0.4) is 0 Å². The zero-order chi connectivity index (χ0) is 12.3. The molecule has 0 bridgehead atoms. The Hall–Kier alpha value is -0.910. The number of aromatic nitrogens is 2. The minimum Gasteiger partial charge on any atom is -0.326 e. The minimum atomic E-state index is 0.508. The molecule has 2 aromatic rings. The van der Waals surface area contributed by atoms with Gasteiger partial charge in [-0.3, -0.25) is 0 Å². The molecule has 0 aliphatic heterocycles. The summed E-state index contributed by atoms with van der Waals surface area (Å²) in [7, 11) is 0. The third kappa shape index (κ3) is 3.28. The predicted molar refractivity (Wildman–Crippen MR) is 72.9 cm³/mol. The lowest BCUT2D eigenvalue weighted by molar-refractivity contribution is 0.945. The summed E-state index contributed by atoms with van der Waals surface area (Å²) in [5.74, 6) is 0. The van der Waals surface area contributed by atoms with Crippen LogP contribution in [0.2, 0.25) is 0 Å². The fraction of sp³-hybridized carbons (Fsp3) is 0.167. The maximum absolute atomic E-state index is 5.72. The Morgan fingerprint density at radius 1 is 1.29 bits per heavy atom. The molecule has 17 heavy (non-hydrogen) atoms. The Morgan fingerprint density at radius 3 is 2.65 bits per heavy atom. The fourth-order valence-electron chi connectivity index (χ4n) is 1.34. The van der Waals surface area contributed by atoms with Gasteiger partial charge in [0, 0.05) is 28.3 Å². The van der Waals surface area contributed by atoms with Crippen molar-refractivity contribution in [3.8, 4) is 0 Å². The molecule has 0 amide bonds. The maximum atomic E-state index is 5.72. The van der Waals surface area contributed by atoms with Crippen LogP contribution in [-0.4, -0.2) is 9.97 Å². The first-order chi connectivity index (χ1) is 8.19. The van der Waals surface area contributed by atoms with Gasteiger partial charge in [-0.2, -0.15) is 0 Å². The van der Waals surface area contributed by atoms with Crippen LogP contribution in [-0.2, 0) is 6.54 Å². The van der Waals surface area contributed by atoms with E-state index in [1.165, 1.54) is 11.8 Å². The summed E-state index contributed by atoms with van der Waals surface area (Å²) in [6, 6.07) is 6.05. The van der Waals surface area contributed by atoms with Gasteiger partial charge >= 0.3 is 0 Å². The second kappa shape index (κ2) is 5.62. The molecule has 88 valence electrons. The van der Waals surface area contributed by atoms with E-state index < -0.39 is 0 Å². The van der Waals surface area contributed by atoms with Crippen LogP contribution in [0.4, 0.5) is 0 Å². The molecule has 0 unspecified atom stereocenters. The number of aryl methyl sites for hydroxylation is 1. The van der Waals surface area contributed by atoms with E-state index >= 15 is 0 Å². The monoisotopic (exact) mass is 309 g/mol. The highest BCUT2D eigenvalue weighted by Crippen LogP contribution is 2.29. The summed E-state index contributed by atoms with van der Waals surface area (Å²) in [6.07, 6.45) is 3.63. The van der Waals surface area contributed by atoms with Crippen LogP contribution in [0, 0.1) is 6.92 Å². The van der Waals surface area contributed by atoms with Gasteiger partial charge in [0.15, 0.2) is 5.16 Å². The highest BCUT2D eigenvalue weighted by molar-refractivity contribution is 9.10. The Morgan fingerprint density at radius 2 is 2.00 bits per heavy atom. The molecule has 0 fully saturated rings. The van der Waals surface area contributed by atoms with Crippen molar-refractivity contribution in [1.82, 2.24) is 9.97 Å². The molecule has 0 atom stereocenters. The maximum Gasteiger partial charge on any atom is 0.192 e. The lowest BCUT2D eigenvalue weighted by Crippen LogP contribution is -1.98. The van der Waals surface area contributed by atoms with E-state index in [9.17, 15) is 0 Å². The molecule has 0 aliphatic carbocycles. The average Bonchev–Trinajstić information content (AvgIpc) is 2.34. The summed E-state index contributed by atoms with van der Waals surface area (Å²) in [5, 5.41) is 0.743. The molecule has 3 nitrogen and oxygen atoms in total. The van der Waals surface area contributed by atoms with Crippen molar-refractivity contribution in [1.29, 1.82) is 0 Å². The van der Waals surface area contributed by atoms with Crippen LogP contribution in [0.25, 0.3) is 0 Å². The molecule has 2 N–H and O–H groups in total. The van der Waals surface area contributed by atoms with Crippen molar-refractivity contribution in [2.45, 2.75) is 23.5 Å². The molecule has 0 spiro atoms. The quantitative estimate of drug-likeness (QED) is 0.885. The summed E-state index contributed by atoms with van der Waals surface area (Å²) < 4.78 is 1.03. The molecule has 0 radical (unpaired) electrons. The first kappa shape index (κ1) is 12.5. The van der Waals surface area contributed by atoms with E-state index in [1.807, 2.05) is 37.5 Å². The molecule has 1 aromatic carbocycles. The highest BCUT2D eigenvalue weighted by atomic mass is 79.9. The number of nitrogens with zero attached hydrogens (tertiary/aromatic N) is 2. The number of hydrogen-bond acceptors (Lipinski definition) is 4. The minimum absolute atomic E-state index is 0.508. The third-order valence-corrected chi connectivity index (χ3v) is 3.71. The summed E-state index contributed by atoms with van der Waals surface area (Å²) in [5.41, 5.74) is 7.87. The molecule has 1 aromatic heterocycles. The van der Waals surface area contributed by atoms with E-state index in [1.54, 1.807) is 0 Å². The van der Waals surface area contributed by atoms with Gasteiger partial charge in [-0.15, -0.1) is 0 Å². The molecule has 5 heteroatoms. The molecule has 2 rings (SSSR count). The van der Waals surface area contributed by atoms with Gasteiger partial charge < -0.3 is 5.73 Å². The molecule has 0 saturated heterocycles. The number of halogens is 1. The van der Waals surface area contributed by atoms with E-state index in [0.717, 1.165) is 25.7 Å². The summed E-state index contributed by atoms with van der Waals surface area (Å²) >= 11 is 4.97. The second-order valence-corrected chi connectivity index (χ2v) is 5.53. The normalized spacial score (nSPS) is 10.5. The van der Waals surface area contributed by atoms with E-state index in [0.29, 0.717) is 6.54 Å². The van der Waals surface area contributed by atoms with E-state index in [4.69, 9.17) is 5.73 Å². The standard InChI is InChI=1S/C12H12BrN3S/c1-8-6-15-12(16-7-8)17-11-3-2-10(13)4-9(11)5-14/h2-4,6-7H,5,14H2,1H3. The summed E-state index contributed by atoms with van der Waals surface area (Å²) in [6.45, 7) is 2.48. The van der Waals surface area contributed by atoms with Crippen LogP contribution in [0.15, 0.2) is 45.1 Å². The Kier molecular flexibility index (Phi) is 4.15. The number of nitrogens with two attached hydrogens (primary N) is 1. The number of benzene rings is 1. The Balaban J connectivity index is 2.26. The van der Waals surface area contributed by atoms with Crippen LogP contribution >= 0.6 is 27.7 Å². The lowest BCUT2D eigenvalue weighted by atomic mass is 10.2. The Labute approximate surface area is 113 Å². The van der Waals surface area contributed by atoms with Crippen molar-refractivity contribution in [2.75, 3.05) is 0 Å². The van der Waals surface area contributed by atoms with Crippen LogP contribution in [0.5, 0.6) is 0 Å². The van der Waals surface area contributed by atoms with Gasteiger partial charge in [0.05, 0.1) is 0 Å². The zero-order valence-electron chi connectivity index (χ0n) is 9.35. The average molecular weight is 310 g/mol. The van der Waals surface area contributed by atoms with Crippen molar-refractivity contribution in [2.24, 2.45) is 5.73 Å². The smallest absolute Gasteiger partial charge is 0.192 e. The molecule has 1 heterocycles. The van der Waals surface area contributed by atoms with Crippen molar-refractivity contribution in [3.63, 3.8) is 0 Å². The number of hydrogen-bond donors (Lipinski definition) is 1. The van der Waals surface area contributed by atoms with E-state index in [-0.39, 0.29) is 0 Å². The van der Waals surface area contributed by atoms with Crippen LogP contribution in [0.1, 0.15) is 11.1 Å². The first-order valence-electron chi connectivity index (χ1n) is 5.14. The van der Waals surface area contributed by atoms with Gasteiger partial charge in [0.25, 0.3) is 0 Å². The van der Waals surface area contributed by atoms with Crippen molar-refractivity contribution < 1.29 is 0 Å². The SMILES string of the molecule is Cc1cnc(Sc2ccc(Br)cc2CN)nc1. The molecule has 0 aliphatic rings. The summed E-state index contributed by atoms with van der Waals surface area (Å²) in [4.78, 5) is 9.64. The molecule has 0 saturated carbocycles. The van der Waals surface area contributed by atoms with Crippen molar-refractivity contribution in [3.05, 3.63) is 46.2 Å². The fourth-order valence-corrected chi connectivity index (χ4v) is 2.56. The van der Waals surface area contributed by atoms with E-state index in [2.05, 4.69) is 25.9 Å². The predicted octanol–water partition coefficient (Wildman–Crippen LogP) is 3.16. The van der Waals surface area contributed by atoms with Gasteiger partial charge in [-0.05, 0) is 48.0 Å². The number of rotatable bonds is 3. The lowest BCUT2D eigenvalue weighted by Gasteiger charge is -2.06. The molecular formula is C12H12BrN3S.